The molecule has 0 spiro atoms. The fourth-order valence-corrected chi connectivity index (χ4v) is 0.760. The molecule has 0 aliphatic rings. The molecular weight excluding hydrogens is 156 g/mol. The zero-order valence-corrected chi connectivity index (χ0v) is 7.45. The molecule has 0 saturated carbocycles. The van der Waals surface area contributed by atoms with E-state index in [4.69, 9.17) is 0 Å². The van der Waals surface area contributed by atoms with E-state index in [9.17, 15) is 9.90 Å². The van der Waals surface area contributed by atoms with E-state index in [1.54, 1.807) is 0 Å². The van der Waals surface area contributed by atoms with Crippen LogP contribution in [0.5, 0.6) is 0 Å². The van der Waals surface area contributed by atoms with Crippen LogP contribution >= 0.6 is 0 Å². The maximum atomic E-state index is 10.5. The van der Waals surface area contributed by atoms with Gasteiger partial charge < -0.3 is 9.84 Å². The Kier molecular flexibility index (Phi) is 6.38. The van der Waals surface area contributed by atoms with Gasteiger partial charge in [-0.15, -0.1) is 0 Å². The van der Waals surface area contributed by atoms with Crippen LogP contribution in [0.2, 0.25) is 0 Å². The number of aliphatic hydroxyl groups excluding tert-OH is 1. The highest BCUT2D eigenvalue weighted by atomic mass is 16.5. The van der Waals surface area contributed by atoms with Crippen molar-refractivity contribution in [2.45, 2.75) is 32.3 Å². The first kappa shape index (κ1) is 11.2. The molecule has 0 amide bonds. The lowest BCUT2D eigenvalue weighted by atomic mass is 10.2. The van der Waals surface area contributed by atoms with E-state index in [0.717, 1.165) is 18.9 Å². The van der Waals surface area contributed by atoms with E-state index >= 15 is 0 Å². The van der Waals surface area contributed by atoms with Crippen LogP contribution in [0.25, 0.3) is 0 Å². The summed E-state index contributed by atoms with van der Waals surface area (Å²) in [4.78, 5) is 10.5. The minimum Gasteiger partial charge on any atom is -0.460 e. The smallest absolute Gasteiger partial charge is 0.330 e. The van der Waals surface area contributed by atoms with Crippen LogP contribution in [-0.4, -0.2) is 23.8 Å². The summed E-state index contributed by atoms with van der Waals surface area (Å²) in [7, 11) is 0. The van der Waals surface area contributed by atoms with Gasteiger partial charge in [0, 0.05) is 6.08 Å². The summed E-state index contributed by atoms with van der Waals surface area (Å²) in [6, 6.07) is 0. The summed E-state index contributed by atoms with van der Waals surface area (Å²) in [6.45, 7) is 5.36. The predicted octanol–water partition coefficient (Wildman–Crippen LogP) is 1.27. The topological polar surface area (TPSA) is 46.5 Å². The number of esters is 1. The van der Waals surface area contributed by atoms with Crippen LogP contribution in [0, 0.1) is 0 Å². The van der Waals surface area contributed by atoms with Gasteiger partial charge in [0.05, 0.1) is 6.10 Å². The molecule has 0 aliphatic heterocycles. The molecule has 0 aromatic rings. The van der Waals surface area contributed by atoms with Crippen LogP contribution in [0.15, 0.2) is 12.7 Å². The Morgan fingerprint density at radius 1 is 1.75 bits per heavy atom. The largest absolute Gasteiger partial charge is 0.460 e. The van der Waals surface area contributed by atoms with E-state index < -0.39 is 12.1 Å². The predicted molar refractivity (Wildman–Crippen MR) is 46.7 cm³/mol. The van der Waals surface area contributed by atoms with Crippen LogP contribution in [0.3, 0.4) is 0 Å². The molecule has 0 saturated heterocycles. The average molecular weight is 172 g/mol. The molecule has 0 heterocycles. The number of hydrogen-bond acceptors (Lipinski definition) is 3. The van der Waals surface area contributed by atoms with Crippen molar-refractivity contribution >= 4 is 5.97 Å². The Hall–Kier alpha value is -0.830. The Bertz CT molecular complexity index is 143. The molecule has 0 unspecified atom stereocenters. The zero-order chi connectivity index (χ0) is 9.40. The Balaban J connectivity index is 3.36. The second-order valence-corrected chi connectivity index (χ2v) is 2.63. The van der Waals surface area contributed by atoms with Gasteiger partial charge in [0.2, 0.25) is 0 Å². The molecule has 0 bridgehead atoms. The molecule has 12 heavy (non-hydrogen) atoms. The molecule has 0 fully saturated rings. The molecule has 0 aliphatic carbocycles. The second kappa shape index (κ2) is 6.85. The molecule has 3 nitrogen and oxygen atoms in total. The molecular formula is C9H16O3. The van der Waals surface area contributed by atoms with Crippen LogP contribution in [0.1, 0.15) is 26.2 Å². The van der Waals surface area contributed by atoms with Gasteiger partial charge in [0.1, 0.15) is 6.61 Å². The van der Waals surface area contributed by atoms with Crippen LogP contribution < -0.4 is 0 Å². The Morgan fingerprint density at radius 2 is 2.42 bits per heavy atom. The summed E-state index contributed by atoms with van der Waals surface area (Å²) >= 11 is 0. The lowest BCUT2D eigenvalue weighted by molar-refractivity contribution is -0.140. The number of carbonyl (C=O) groups excluding carboxylic acids is 1. The van der Waals surface area contributed by atoms with Crippen molar-refractivity contribution in [3.8, 4) is 0 Å². The number of ether oxygens (including phenoxy) is 1. The van der Waals surface area contributed by atoms with Crippen LogP contribution in [-0.2, 0) is 9.53 Å². The number of unbranched alkanes of at least 4 members (excludes halogenated alkanes) is 1. The second-order valence-electron chi connectivity index (χ2n) is 2.63. The first-order valence-electron chi connectivity index (χ1n) is 4.18. The zero-order valence-electron chi connectivity index (χ0n) is 7.45. The maximum absolute atomic E-state index is 10.5. The van der Waals surface area contributed by atoms with Gasteiger partial charge in [0.25, 0.3) is 0 Å². The Morgan fingerprint density at radius 3 is 2.92 bits per heavy atom. The van der Waals surface area contributed by atoms with Gasteiger partial charge in [-0.2, -0.15) is 0 Å². The standard InChI is InChI=1S/C9H16O3/c1-3-5-6-8(10)7-12-9(11)4-2/h4,8,10H,2-3,5-7H2,1H3/t8-/m0/s1. The van der Waals surface area contributed by atoms with Gasteiger partial charge in [0.15, 0.2) is 0 Å². The maximum Gasteiger partial charge on any atom is 0.330 e. The molecule has 1 N–H and O–H groups in total. The molecule has 1 atom stereocenters. The lowest BCUT2D eigenvalue weighted by Gasteiger charge is -2.08. The molecule has 3 heteroatoms. The minimum atomic E-state index is -0.533. The quantitative estimate of drug-likeness (QED) is 0.484. The highest BCUT2D eigenvalue weighted by Gasteiger charge is 2.05. The molecule has 0 rings (SSSR count). The van der Waals surface area contributed by atoms with E-state index in [1.807, 2.05) is 6.92 Å². The highest BCUT2D eigenvalue weighted by molar-refractivity contribution is 5.81. The first-order valence-corrected chi connectivity index (χ1v) is 4.18. The van der Waals surface area contributed by atoms with Crippen LogP contribution in [0.4, 0.5) is 0 Å². The van der Waals surface area contributed by atoms with Gasteiger partial charge in [-0.05, 0) is 6.42 Å². The monoisotopic (exact) mass is 172 g/mol. The number of hydrogen-bond donors (Lipinski definition) is 1. The first-order chi connectivity index (χ1) is 5.70. The lowest BCUT2D eigenvalue weighted by Crippen LogP contribution is -2.17. The summed E-state index contributed by atoms with van der Waals surface area (Å²) in [5.74, 6) is -0.481. The third-order valence-electron chi connectivity index (χ3n) is 1.48. The van der Waals surface area contributed by atoms with Crippen molar-refractivity contribution in [3.05, 3.63) is 12.7 Å². The number of aliphatic hydroxyl groups is 1. The minimum absolute atomic E-state index is 0.0743. The number of carbonyl (C=O) groups is 1. The summed E-state index contributed by atoms with van der Waals surface area (Å²) in [5.41, 5.74) is 0. The van der Waals surface area contributed by atoms with Gasteiger partial charge in [-0.3, -0.25) is 0 Å². The van der Waals surface area contributed by atoms with Crippen molar-refractivity contribution in [1.82, 2.24) is 0 Å². The van der Waals surface area contributed by atoms with Crippen molar-refractivity contribution in [2.24, 2.45) is 0 Å². The molecule has 70 valence electrons. The van der Waals surface area contributed by atoms with Crippen molar-refractivity contribution in [2.75, 3.05) is 6.61 Å². The summed E-state index contributed by atoms with van der Waals surface area (Å²) < 4.78 is 4.64. The third kappa shape index (κ3) is 5.92. The van der Waals surface area contributed by atoms with Crippen molar-refractivity contribution < 1.29 is 14.6 Å². The third-order valence-corrected chi connectivity index (χ3v) is 1.48. The van der Waals surface area contributed by atoms with Crippen molar-refractivity contribution in [3.63, 3.8) is 0 Å². The van der Waals surface area contributed by atoms with Gasteiger partial charge in [-0.1, -0.05) is 26.3 Å². The highest BCUT2D eigenvalue weighted by Crippen LogP contribution is 2.00. The number of rotatable bonds is 6. The van der Waals surface area contributed by atoms with E-state index in [1.165, 1.54) is 0 Å². The van der Waals surface area contributed by atoms with Gasteiger partial charge in [-0.25, -0.2) is 4.79 Å². The van der Waals surface area contributed by atoms with Crippen molar-refractivity contribution in [1.29, 1.82) is 0 Å². The summed E-state index contributed by atoms with van der Waals surface area (Å²) in [5, 5.41) is 9.21. The SMILES string of the molecule is C=CC(=O)OC[C@@H](O)CCCC. The average Bonchev–Trinajstić information content (AvgIpc) is 2.10. The van der Waals surface area contributed by atoms with E-state index in [0.29, 0.717) is 6.42 Å². The molecule has 0 aromatic carbocycles. The fraction of sp³-hybridized carbons (Fsp3) is 0.667. The molecule has 0 radical (unpaired) electrons. The Labute approximate surface area is 73.0 Å². The summed E-state index contributed by atoms with van der Waals surface area (Å²) in [6.07, 6.45) is 3.22. The van der Waals surface area contributed by atoms with Gasteiger partial charge >= 0.3 is 5.97 Å². The normalized spacial score (nSPS) is 12.2. The fourth-order valence-electron chi connectivity index (χ4n) is 0.760. The van der Waals surface area contributed by atoms with E-state index in [2.05, 4.69) is 11.3 Å². The molecule has 0 aromatic heterocycles. The van der Waals surface area contributed by atoms with E-state index in [-0.39, 0.29) is 6.61 Å².